The molecule has 0 fully saturated rings. The molecule has 0 aromatic heterocycles. The topological polar surface area (TPSA) is 49.7 Å². The summed E-state index contributed by atoms with van der Waals surface area (Å²) in [6, 6.07) is 0.424. The van der Waals surface area contributed by atoms with Gasteiger partial charge in [-0.1, -0.05) is 6.92 Å². The highest BCUT2D eigenvalue weighted by atomic mass is 32.2. The van der Waals surface area contributed by atoms with Gasteiger partial charge < -0.3 is 14.0 Å². The summed E-state index contributed by atoms with van der Waals surface area (Å²) in [5.41, 5.74) is 0. The van der Waals surface area contributed by atoms with Crippen molar-refractivity contribution in [1.82, 2.24) is 0 Å². The number of hydrogen-bond acceptors (Lipinski definition) is 4. The van der Waals surface area contributed by atoms with Crippen molar-refractivity contribution in [3.8, 4) is 0 Å². The molecule has 0 heterocycles. The third-order valence-electron chi connectivity index (χ3n) is 1.37. The maximum atomic E-state index is 9.28. The van der Waals surface area contributed by atoms with E-state index in [9.17, 15) is 9.59 Å². The fourth-order valence-electron chi connectivity index (χ4n) is 0.852. The standard InChI is InChI=1S/C7H18O3SSi/c1-3-10-12(8,9)7-5-6-11-4-2/h8-9H,3-7H2,1-2H3. The van der Waals surface area contributed by atoms with Crippen molar-refractivity contribution in [3.05, 3.63) is 0 Å². The fraction of sp³-hybridized carbons (Fsp3) is 1.00. The first-order chi connectivity index (χ1) is 5.62. The number of hydrogen-bond donors (Lipinski definition) is 2. The molecular formula is C7H18O3SSi. The summed E-state index contributed by atoms with van der Waals surface area (Å²) in [7, 11) is -3.27. The molecular weight excluding hydrogens is 192 g/mol. The summed E-state index contributed by atoms with van der Waals surface area (Å²) in [4.78, 5) is 18.6. The second-order valence-electron chi connectivity index (χ2n) is 2.48. The molecule has 0 rings (SSSR count). The molecule has 3 nitrogen and oxygen atoms in total. The van der Waals surface area contributed by atoms with Gasteiger partial charge in [-0.05, 0) is 24.9 Å². The molecule has 5 heteroatoms. The van der Waals surface area contributed by atoms with Crippen LogP contribution in [0, 0.1) is 0 Å². The van der Waals surface area contributed by atoms with E-state index >= 15 is 0 Å². The van der Waals surface area contributed by atoms with Gasteiger partial charge in [0.15, 0.2) is 0 Å². The molecule has 0 aromatic rings. The fourth-order valence-corrected chi connectivity index (χ4v) is 2.99. The van der Waals surface area contributed by atoms with Crippen LogP contribution in [0.4, 0.5) is 0 Å². The first kappa shape index (κ1) is 12.4. The van der Waals surface area contributed by atoms with Crippen LogP contribution in [0.25, 0.3) is 0 Å². The largest absolute Gasteiger partial charge is 0.495 e. The average Bonchev–Trinajstić information content (AvgIpc) is 1.98. The first-order valence-corrected chi connectivity index (χ1v) is 7.45. The van der Waals surface area contributed by atoms with Gasteiger partial charge in [0.1, 0.15) is 0 Å². The first-order valence-electron chi connectivity index (χ1n) is 4.29. The molecule has 12 heavy (non-hydrogen) atoms. The summed E-state index contributed by atoms with van der Waals surface area (Å²) >= 11 is 1.81. The van der Waals surface area contributed by atoms with Crippen LogP contribution in [0.15, 0.2) is 0 Å². The van der Waals surface area contributed by atoms with Gasteiger partial charge in [0, 0.05) is 12.7 Å². The zero-order valence-corrected chi connectivity index (χ0v) is 9.56. The van der Waals surface area contributed by atoms with Crippen molar-refractivity contribution in [2.45, 2.75) is 26.3 Å². The molecule has 0 unspecified atom stereocenters. The molecule has 0 aliphatic rings. The van der Waals surface area contributed by atoms with Crippen LogP contribution in [-0.4, -0.2) is 36.5 Å². The van der Waals surface area contributed by atoms with Crippen molar-refractivity contribution in [3.63, 3.8) is 0 Å². The summed E-state index contributed by atoms with van der Waals surface area (Å²) in [6.45, 7) is 4.25. The summed E-state index contributed by atoms with van der Waals surface area (Å²) in [5.74, 6) is 2.07. The molecule has 0 radical (unpaired) electrons. The lowest BCUT2D eigenvalue weighted by Gasteiger charge is -2.15. The Morgan fingerprint density at radius 1 is 1.33 bits per heavy atom. The predicted octanol–water partition coefficient (Wildman–Crippen LogP) is 1.09. The van der Waals surface area contributed by atoms with E-state index in [2.05, 4.69) is 6.92 Å². The smallest absolute Gasteiger partial charge is 0.390 e. The quantitative estimate of drug-likeness (QED) is 0.488. The van der Waals surface area contributed by atoms with Crippen LogP contribution in [0.5, 0.6) is 0 Å². The Bertz CT molecular complexity index is 111. The third kappa shape index (κ3) is 7.12. The van der Waals surface area contributed by atoms with Gasteiger partial charge in [0.25, 0.3) is 0 Å². The van der Waals surface area contributed by atoms with Gasteiger partial charge in [-0.2, -0.15) is 11.8 Å². The molecule has 0 saturated carbocycles. The molecule has 2 N–H and O–H groups in total. The van der Waals surface area contributed by atoms with E-state index < -0.39 is 8.80 Å². The Hall–Kier alpha value is 0.447. The van der Waals surface area contributed by atoms with Gasteiger partial charge in [-0.25, -0.2) is 0 Å². The molecule has 0 aliphatic carbocycles. The lowest BCUT2D eigenvalue weighted by Crippen LogP contribution is -2.38. The van der Waals surface area contributed by atoms with Gasteiger partial charge >= 0.3 is 8.80 Å². The van der Waals surface area contributed by atoms with Crippen molar-refractivity contribution < 1.29 is 14.0 Å². The van der Waals surface area contributed by atoms with Crippen LogP contribution in [0.1, 0.15) is 20.3 Å². The second-order valence-corrected chi connectivity index (χ2v) is 6.15. The Labute approximate surface area is 79.5 Å². The van der Waals surface area contributed by atoms with Gasteiger partial charge in [0.05, 0.1) is 0 Å². The highest BCUT2D eigenvalue weighted by molar-refractivity contribution is 7.99. The molecule has 0 amide bonds. The van der Waals surface area contributed by atoms with Gasteiger partial charge in [-0.3, -0.25) is 0 Å². The zero-order valence-electron chi connectivity index (χ0n) is 7.75. The molecule has 0 atom stereocenters. The number of rotatable bonds is 7. The van der Waals surface area contributed by atoms with Crippen LogP contribution in [0.2, 0.25) is 6.04 Å². The molecule has 0 saturated heterocycles. The van der Waals surface area contributed by atoms with Crippen molar-refractivity contribution in [1.29, 1.82) is 0 Å². The van der Waals surface area contributed by atoms with Crippen LogP contribution in [-0.2, 0) is 4.43 Å². The maximum Gasteiger partial charge on any atom is 0.495 e. The highest BCUT2D eigenvalue weighted by Gasteiger charge is 2.30. The van der Waals surface area contributed by atoms with E-state index in [1.807, 2.05) is 11.8 Å². The minimum Gasteiger partial charge on any atom is -0.390 e. The van der Waals surface area contributed by atoms with Gasteiger partial charge in [-0.15, -0.1) is 0 Å². The van der Waals surface area contributed by atoms with Crippen LogP contribution >= 0.6 is 11.8 Å². The van der Waals surface area contributed by atoms with Gasteiger partial charge in [0.2, 0.25) is 0 Å². The van der Waals surface area contributed by atoms with E-state index in [4.69, 9.17) is 4.43 Å². The van der Waals surface area contributed by atoms with Crippen molar-refractivity contribution >= 4 is 20.6 Å². The van der Waals surface area contributed by atoms with Crippen molar-refractivity contribution in [2.75, 3.05) is 18.1 Å². The van der Waals surface area contributed by atoms with E-state index in [-0.39, 0.29) is 0 Å². The maximum absolute atomic E-state index is 9.28. The van der Waals surface area contributed by atoms with E-state index in [0.717, 1.165) is 17.9 Å². The lowest BCUT2D eigenvalue weighted by atomic mass is 10.6. The Balaban J connectivity index is 3.33. The summed E-state index contributed by atoms with van der Waals surface area (Å²) in [6.07, 6.45) is 0.831. The van der Waals surface area contributed by atoms with Crippen LogP contribution < -0.4 is 0 Å². The van der Waals surface area contributed by atoms with E-state index in [0.29, 0.717) is 12.7 Å². The highest BCUT2D eigenvalue weighted by Crippen LogP contribution is 2.11. The van der Waals surface area contributed by atoms with E-state index in [1.54, 1.807) is 6.92 Å². The SMILES string of the molecule is CCO[Si](O)(O)CCCSCC. The predicted molar refractivity (Wildman–Crippen MR) is 54.2 cm³/mol. The molecule has 0 aliphatic heterocycles. The molecule has 0 bridgehead atoms. The Morgan fingerprint density at radius 2 is 2.00 bits per heavy atom. The summed E-state index contributed by atoms with van der Waals surface area (Å²) < 4.78 is 4.85. The van der Waals surface area contributed by atoms with E-state index in [1.165, 1.54) is 0 Å². The third-order valence-corrected chi connectivity index (χ3v) is 4.11. The van der Waals surface area contributed by atoms with Crippen molar-refractivity contribution in [2.24, 2.45) is 0 Å². The zero-order chi connectivity index (χ0) is 9.45. The lowest BCUT2D eigenvalue weighted by molar-refractivity contribution is 0.155. The molecule has 74 valence electrons. The Morgan fingerprint density at radius 3 is 2.50 bits per heavy atom. The normalized spacial score (nSPS) is 12.0. The number of thioether (sulfide) groups is 1. The van der Waals surface area contributed by atoms with Crippen LogP contribution in [0.3, 0.4) is 0 Å². The molecule has 0 spiro atoms. The summed E-state index contributed by atoms with van der Waals surface area (Å²) in [5, 5.41) is 0. The Kier molecular flexibility index (Phi) is 7.17. The minimum atomic E-state index is -3.27. The minimum absolute atomic E-state index is 0.389. The average molecular weight is 210 g/mol. The molecule has 0 aromatic carbocycles. The second kappa shape index (κ2) is 6.91. The monoisotopic (exact) mass is 210 g/mol.